The van der Waals surface area contributed by atoms with E-state index in [4.69, 9.17) is 14.3 Å². The third-order valence-electron chi connectivity index (χ3n) is 7.54. The number of amides is 1. The van der Waals surface area contributed by atoms with Gasteiger partial charge >= 0.3 is 0 Å². The zero-order chi connectivity index (χ0) is 28.4. The van der Waals surface area contributed by atoms with Crippen LogP contribution in [0.25, 0.3) is 10.9 Å². The average Bonchev–Trinajstić information content (AvgIpc) is 3.34. The van der Waals surface area contributed by atoms with Crippen molar-refractivity contribution in [1.29, 1.82) is 0 Å². The molecular weight excluding hydrogens is 534 g/mol. The number of carbonyl (C=O) groups is 1. The van der Waals surface area contributed by atoms with Crippen LogP contribution in [0.15, 0.2) is 48.7 Å². The molecule has 2 atom stereocenters. The summed E-state index contributed by atoms with van der Waals surface area (Å²) in [5.41, 5.74) is 4.56. The maximum atomic E-state index is 12.9. The Balaban J connectivity index is 1.24. The molecule has 2 N–H and O–H groups in total. The molecule has 1 amide bonds. The molecule has 10 nitrogen and oxygen atoms in total. The highest BCUT2D eigenvalue weighted by molar-refractivity contribution is 7.92. The summed E-state index contributed by atoms with van der Waals surface area (Å²) >= 11 is 0. The van der Waals surface area contributed by atoms with Crippen LogP contribution in [0.3, 0.4) is 0 Å². The van der Waals surface area contributed by atoms with Crippen LogP contribution in [-0.4, -0.2) is 66.3 Å². The number of benzene rings is 2. The summed E-state index contributed by atoms with van der Waals surface area (Å²) in [6, 6.07) is 13.1. The normalized spacial score (nSPS) is 20.1. The molecule has 3 aromatic rings. The molecule has 0 saturated carbocycles. The topological polar surface area (TPSA) is 129 Å². The SMILES string of the molecule is CC(CCn1cc2cc(C#Cc3ccc(C4(O)COC4)cc3)ccc2n1)(C(=O)NOC1CCCCO1)S(C)(=O)=O. The Hall–Kier alpha value is -3.27. The van der Waals surface area contributed by atoms with Gasteiger partial charge in [0, 0.05) is 48.5 Å². The minimum atomic E-state index is -3.78. The summed E-state index contributed by atoms with van der Waals surface area (Å²) < 4.78 is 35.8. The Morgan fingerprint density at radius 1 is 1.20 bits per heavy atom. The van der Waals surface area contributed by atoms with E-state index in [1.54, 1.807) is 4.68 Å². The van der Waals surface area contributed by atoms with Crippen LogP contribution in [0.5, 0.6) is 0 Å². The molecule has 0 aliphatic carbocycles. The van der Waals surface area contributed by atoms with Crippen molar-refractivity contribution in [3.05, 3.63) is 65.4 Å². The van der Waals surface area contributed by atoms with Gasteiger partial charge in [-0.3, -0.25) is 9.48 Å². The number of sulfone groups is 1. The fourth-order valence-corrected chi connectivity index (χ4v) is 5.41. The Kier molecular flexibility index (Phi) is 7.99. The molecule has 2 aromatic carbocycles. The van der Waals surface area contributed by atoms with E-state index >= 15 is 0 Å². The average molecular weight is 568 g/mol. The van der Waals surface area contributed by atoms with Crippen molar-refractivity contribution in [1.82, 2.24) is 15.3 Å². The second kappa shape index (κ2) is 11.3. The summed E-state index contributed by atoms with van der Waals surface area (Å²) in [6.07, 6.45) is 4.76. The van der Waals surface area contributed by atoms with Gasteiger partial charge in [-0.2, -0.15) is 5.10 Å². The lowest BCUT2D eigenvalue weighted by molar-refractivity contribution is -0.201. The molecule has 2 aliphatic rings. The number of nitrogens with zero attached hydrogens (tertiary/aromatic N) is 2. The van der Waals surface area contributed by atoms with E-state index in [9.17, 15) is 18.3 Å². The lowest BCUT2D eigenvalue weighted by Crippen LogP contribution is -2.51. The molecule has 0 bridgehead atoms. The molecular formula is C29H33N3O7S. The largest absolute Gasteiger partial charge is 0.380 e. The zero-order valence-electron chi connectivity index (χ0n) is 22.6. The van der Waals surface area contributed by atoms with Gasteiger partial charge in [-0.1, -0.05) is 24.0 Å². The van der Waals surface area contributed by atoms with Crippen LogP contribution < -0.4 is 5.48 Å². The van der Waals surface area contributed by atoms with Crippen molar-refractivity contribution >= 4 is 26.6 Å². The molecule has 40 heavy (non-hydrogen) atoms. The zero-order valence-corrected chi connectivity index (χ0v) is 23.4. The van der Waals surface area contributed by atoms with Crippen molar-refractivity contribution in [2.75, 3.05) is 26.1 Å². The first-order valence-corrected chi connectivity index (χ1v) is 15.1. The summed E-state index contributed by atoms with van der Waals surface area (Å²) in [4.78, 5) is 18.3. The minimum Gasteiger partial charge on any atom is -0.380 e. The first-order valence-electron chi connectivity index (χ1n) is 13.2. The van der Waals surface area contributed by atoms with Gasteiger partial charge in [0.15, 0.2) is 20.9 Å². The second-order valence-electron chi connectivity index (χ2n) is 10.6. The maximum Gasteiger partial charge on any atom is 0.264 e. The smallest absolute Gasteiger partial charge is 0.264 e. The van der Waals surface area contributed by atoms with Gasteiger partial charge in [0.2, 0.25) is 0 Å². The van der Waals surface area contributed by atoms with Gasteiger partial charge in [-0.25, -0.2) is 18.7 Å². The molecule has 0 spiro atoms. The van der Waals surface area contributed by atoms with Crippen LogP contribution in [-0.2, 0) is 41.1 Å². The molecule has 5 rings (SSSR count). The number of carbonyl (C=O) groups excluding carboxylic acids is 1. The minimum absolute atomic E-state index is 0.00441. The van der Waals surface area contributed by atoms with E-state index in [1.165, 1.54) is 6.92 Å². The summed E-state index contributed by atoms with van der Waals surface area (Å²) in [5, 5.41) is 15.8. The number of ether oxygens (including phenoxy) is 2. The number of hydrogen-bond acceptors (Lipinski definition) is 8. The van der Waals surface area contributed by atoms with Gasteiger partial charge in [-0.15, -0.1) is 0 Å². The lowest BCUT2D eigenvalue weighted by atomic mass is 9.91. The standard InChI is InChI=1S/C29H33N3O7S/c1-28(40(2,35)36,27(33)31-39-26-5-3-4-16-38-26)14-15-32-18-23-17-22(10-13-25(23)30-32)7-6-21-8-11-24(12-9-21)29(34)19-37-20-29/h8-13,17-18,26,34H,3-5,14-16,19-20H2,1-2H3,(H,31,33). The van der Waals surface area contributed by atoms with Crippen molar-refractivity contribution in [2.24, 2.45) is 0 Å². The third-order valence-corrected chi connectivity index (χ3v) is 9.57. The van der Waals surface area contributed by atoms with Crippen molar-refractivity contribution in [2.45, 2.75) is 55.8 Å². The fourth-order valence-electron chi connectivity index (χ4n) is 4.57. The van der Waals surface area contributed by atoms with Crippen LogP contribution in [0.4, 0.5) is 0 Å². The molecule has 2 unspecified atom stereocenters. The first kappa shape index (κ1) is 28.3. The maximum absolute atomic E-state index is 12.9. The highest BCUT2D eigenvalue weighted by Crippen LogP contribution is 2.29. The van der Waals surface area contributed by atoms with Gasteiger partial charge in [0.1, 0.15) is 5.60 Å². The van der Waals surface area contributed by atoms with E-state index in [0.717, 1.165) is 46.7 Å². The predicted molar refractivity (Wildman–Crippen MR) is 148 cm³/mol. The number of hydroxylamine groups is 1. The van der Waals surface area contributed by atoms with Crippen molar-refractivity contribution in [3.8, 4) is 11.8 Å². The molecule has 1 aromatic heterocycles. The van der Waals surface area contributed by atoms with Crippen LogP contribution in [0, 0.1) is 11.8 Å². The second-order valence-corrected chi connectivity index (χ2v) is 13.1. The van der Waals surface area contributed by atoms with Gasteiger partial charge in [0.05, 0.1) is 18.7 Å². The van der Waals surface area contributed by atoms with E-state index in [1.807, 2.05) is 48.7 Å². The fraction of sp³-hybridized carbons (Fsp3) is 0.448. The van der Waals surface area contributed by atoms with Crippen LogP contribution in [0.2, 0.25) is 0 Å². The van der Waals surface area contributed by atoms with Crippen LogP contribution in [0.1, 0.15) is 49.3 Å². The van der Waals surface area contributed by atoms with Crippen molar-refractivity contribution < 1.29 is 32.6 Å². The summed E-state index contributed by atoms with van der Waals surface area (Å²) in [5.74, 6) is 5.55. The lowest BCUT2D eigenvalue weighted by Gasteiger charge is -2.36. The Labute approximate surface area is 233 Å². The Bertz CT molecular complexity index is 1550. The molecule has 11 heteroatoms. The Morgan fingerprint density at radius 2 is 1.93 bits per heavy atom. The number of nitrogens with one attached hydrogen (secondary N) is 1. The van der Waals surface area contributed by atoms with Gasteiger partial charge < -0.3 is 14.6 Å². The highest BCUT2D eigenvalue weighted by Gasteiger charge is 2.44. The molecule has 2 aliphatic heterocycles. The van der Waals surface area contributed by atoms with Gasteiger partial charge in [0.25, 0.3) is 5.91 Å². The molecule has 0 radical (unpaired) electrons. The number of fused-ring (bicyclic) bond motifs is 1. The quantitative estimate of drug-likeness (QED) is 0.314. The van der Waals surface area contributed by atoms with Gasteiger partial charge in [-0.05, 0) is 62.1 Å². The first-order chi connectivity index (χ1) is 19.1. The molecule has 3 heterocycles. The number of aryl methyl sites for hydroxylation is 1. The van der Waals surface area contributed by atoms with E-state index < -0.39 is 32.4 Å². The van der Waals surface area contributed by atoms with Crippen molar-refractivity contribution in [3.63, 3.8) is 0 Å². The molecule has 2 fully saturated rings. The number of aromatic nitrogens is 2. The number of rotatable bonds is 8. The summed E-state index contributed by atoms with van der Waals surface area (Å²) in [6.45, 7) is 2.74. The molecule has 212 valence electrons. The third kappa shape index (κ3) is 6.06. The monoisotopic (exact) mass is 567 g/mol. The number of hydrogen-bond donors (Lipinski definition) is 2. The Morgan fingerprint density at radius 3 is 2.58 bits per heavy atom. The van der Waals surface area contributed by atoms with E-state index in [-0.39, 0.29) is 13.0 Å². The summed E-state index contributed by atoms with van der Waals surface area (Å²) in [7, 11) is -3.78. The highest BCUT2D eigenvalue weighted by atomic mass is 32.2. The predicted octanol–water partition coefficient (Wildman–Crippen LogP) is 2.42. The molecule has 2 saturated heterocycles. The van der Waals surface area contributed by atoms with E-state index in [2.05, 4.69) is 22.4 Å². The number of aliphatic hydroxyl groups is 1. The van der Waals surface area contributed by atoms with Crippen LogP contribution >= 0.6 is 0 Å². The van der Waals surface area contributed by atoms with E-state index in [0.29, 0.717) is 26.2 Å².